The molecule has 24 heavy (non-hydrogen) atoms. The van der Waals surface area contributed by atoms with Crippen LogP contribution in [0.3, 0.4) is 0 Å². The van der Waals surface area contributed by atoms with Gasteiger partial charge >= 0.3 is 5.97 Å². The maximum absolute atomic E-state index is 12.5. The minimum Gasteiger partial charge on any atom is -0.465 e. The Balaban J connectivity index is 1.86. The Morgan fingerprint density at radius 3 is 2.83 bits per heavy atom. The molecule has 1 saturated heterocycles. The molecule has 0 aliphatic carbocycles. The Bertz CT molecular complexity index is 703. The summed E-state index contributed by atoms with van der Waals surface area (Å²) in [5.41, 5.74) is -0.414. The first-order valence-electron chi connectivity index (χ1n) is 8.02. The molecule has 1 aromatic carbocycles. The molecule has 1 fully saturated rings. The summed E-state index contributed by atoms with van der Waals surface area (Å²) in [6.45, 7) is 4.54. The van der Waals surface area contributed by atoms with Crippen LogP contribution in [-0.4, -0.2) is 45.8 Å². The van der Waals surface area contributed by atoms with Gasteiger partial charge in [-0.15, -0.1) is 0 Å². The van der Waals surface area contributed by atoms with Gasteiger partial charge in [0.15, 0.2) is 11.4 Å². The monoisotopic (exact) mass is 331 g/mol. The van der Waals surface area contributed by atoms with Crippen molar-refractivity contribution in [1.29, 1.82) is 0 Å². The number of aromatic nitrogens is 2. The van der Waals surface area contributed by atoms with Crippen LogP contribution in [0.5, 0.6) is 0 Å². The van der Waals surface area contributed by atoms with Crippen LogP contribution in [0.4, 0.5) is 0 Å². The standard InChI is InChI=1S/C17H21N3O4/c1-3-23-15(21)14(13-7-5-4-6-8-13)20-10-9-17(22,11-20)16-18-12(2)19-24-16/h4-8,14,22H,3,9-11H2,1-2H3/t14-,17-/m1/s1. The molecule has 0 unspecified atom stereocenters. The molecule has 0 amide bonds. The van der Waals surface area contributed by atoms with Crippen molar-refractivity contribution in [1.82, 2.24) is 15.0 Å². The van der Waals surface area contributed by atoms with E-state index in [9.17, 15) is 9.90 Å². The van der Waals surface area contributed by atoms with Crippen LogP contribution in [0.2, 0.25) is 0 Å². The molecule has 3 rings (SSSR count). The number of ether oxygens (including phenoxy) is 1. The maximum Gasteiger partial charge on any atom is 0.328 e. The van der Waals surface area contributed by atoms with Gasteiger partial charge in [-0.3, -0.25) is 4.90 Å². The van der Waals surface area contributed by atoms with Crippen molar-refractivity contribution in [2.45, 2.75) is 31.9 Å². The van der Waals surface area contributed by atoms with Crippen LogP contribution in [0.15, 0.2) is 34.9 Å². The molecule has 2 heterocycles. The fraction of sp³-hybridized carbons (Fsp3) is 0.471. The molecule has 1 aromatic heterocycles. The van der Waals surface area contributed by atoms with Crippen molar-refractivity contribution in [2.75, 3.05) is 19.7 Å². The average Bonchev–Trinajstić information content (AvgIpc) is 3.17. The minimum atomic E-state index is -1.25. The van der Waals surface area contributed by atoms with Crippen molar-refractivity contribution in [3.63, 3.8) is 0 Å². The molecular formula is C17H21N3O4. The highest BCUT2D eigenvalue weighted by Gasteiger charge is 2.46. The van der Waals surface area contributed by atoms with E-state index in [2.05, 4.69) is 10.1 Å². The number of nitrogens with zero attached hydrogens (tertiary/aromatic N) is 3. The van der Waals surface area contributed by atoms with Gasteiger partial charge in [0.1, 0.15) is 6.04 Å². The summed E-state index contributed by atoms with van der Waals surface area (Å²) in [5, 5.41) is 14.6. The molecule has 2 aromatic rings. The summed E-state index contributed by atoms with van der Waals surface area (Å²) in [4.78, 5) is 18.5. The molecule has 128 valence electrons. The Kier molecular flexibility index (Phi) is 4.64. The number of aliphatic hydroxyl groups is 1. The first-order valence-corrected chi connectivity index (χ1v) is 8.02. The lowest BCUT2D eigenvalue weighted by Crippen LogP contribution is -2.37. The highest BCUT2D eigenvalue weighted by Crippen LogP contribution is 2.36. The molecule has 0 spiro atoms. The number of hydrogen-bond acceptors (Lipinski definition) is 7. The Morgan fingerprint density at radius 1 is 1.46 bits per heavy atom. The van der Waals surface area contributed by atoms with E-state index in [4.69, 9.17) is 9.26 Å². The van der Waals surface area contributed by atoms with E-state index in [1.807, 2.05) is 35.2 Å². The van der Waals surface area contributed by atoms with Crippen LogP contribution in [-0.2, 0) is 15.1 Å². The summed E-state index contributed by atoms with van der Waals surface area (Å²) in [7, 11) is 0. The zero-order valence-corrected chi connectivity index (χ0v) is 13.8. The van der Waals surface area contributed by atoms with Crippen molar-refractivity contribution in [3.8, 4) is 0 Å². The van der Waals surface area contributed by atoms with Gasteiger partial charge in [0.2, 0.25) is 0 Å². The number of likely N-dealkylation sites (tertiary alicyclic amines) is 1. The average molecular weight is 331 g/mol. The third-order valence-electron chi connectivity index (χ3n) is 4.19. The van der Waals surface area contributed by atoms with E-state index in [1.54, 1.807) is 13.8 Å². The number of aryl methyl sites for hydroxylation is 1. The maximum atomic E-state index is 12.5. The van der Waals surface area contributed by atoms with E-state index in [-0.39, 0.29) is 18.4 Å². The lowest BCUT2D eigenvalue weighted by molar-refractivity contribution is -0.149. The second kappa shape index (κ2) is 6.70. The van der Waals surface area contributed by atoms with Crippen molar-refractivity contribution >= 4 is 5.97 Å². The lowest BCUT2D eigenvalue weighted by atomic mass is 10.0. The number of carbonyl (C=O) groups excluding carboxylic acids is 1. The van der Waals surface area contributed by atoms with Gasteiger partial charge < -0.3 is 14.4 Å². The molecule has 0 radical (unpaired) electrons. The van der Waals surface area contributed by atoms with Crippen molar-refractivity contribution in [3.05, 3.63) is 47.6 Å². The summed E-state index contributed by atoms with van der Waals surface area (Å²) >= 11 is 0. The van der Waals surface area contributed by atoms with Gasteiger partial charge in [0.25, 0.3) is 5.89 Å². The van der Waals surface area contributed by atoms with Crippen LogP contribution >= 0.6 is 0 Å². The molecule has 2 atom stereocenters. The van der Waals surface area contributed by atoms with Gasteiger partial charge in [0.05, 0.1) is 6.61 Å². The van der Waals surface area contributed by atoms with Crippen LogP contribution in [0.25, 0.3) is 0 Å². The number of esters is 1. The first-order chi connectivity index (χ1) is 11.5. The van der Waals surface area contributed by atoms with Gasteiger partial charge in [-0.25, -0.2) is 4.79 Å². The summed E-state index contributed by atoms with van der Waals surface area (Å²) in [6.07, 6.45) is 0.414. The fourth-order valence-corrected chi connectivity index (χ4v) is 3.06. The highest BCUT2D eigenvalue weighted by molar-refractivity contribution is 5.77. The van der Waals surface area contributed by atoms with E-state index in [0.29, 0.717) is 25.4 Å². The van der Waals surface area contributed by atoms with E-state index >= 15 is 0 Å². The summed E-state index contributed by atoms with van der Waals surface area (Å²) in [6, 6.07) is 8.86. The Morgan fingerprint density at radius 2 is 2.21 bits per heavy atom. The molecule has 1 N–H and O–H groups in total. The highest BCUT2D eigenvalue weighted by atomic mass is 16.5. The Hall–Kier alpha value is -2.25. The quantitative estimate of drug-likeness (QED) is 0.832. The Labute approximate surface area is 140 Å². The van der Waals surface area contributed by atoms with Crippen molar-refractivity contribution in [2.24, 2.45) is 0 Å². The third-order valence-corrected chi connectivity index (χ3v) is 4.19. The molecule has 0 saturated carbocycles. The zero-order chi connectivity index (χ0) is 17.2. The number of β-amino-alcohol motifs (C(OH)–C–C–N with tert-alkyl or cyclic N) is 1. The van der Waals surface area contributed by atoms with Crippen LogP contribution in [0, 0.1) is 6.92 Å². The van der Waals surface area contributed by atoms with E-state index in [0.717, 1.165) is 5.56 Å². The number of carbonyl (C=O) groups is 1. The van der Waals surface area contributed by atoms with Gasteiger partial charge in [-0.05, 0) is 25.8 Å². The van der Waals surface area contributed by atoms with Crippen molar-refractivity contribution < 1.29 is 19.2 Å². The topological polar surface area (TPSA) is 88.7 Å². The zero-order valence-electron chi connectivity index (χ0n) is 13.8. The summed E-state index contributed by atoms with van der Waals surface area (Å²) < 4.78 is 10.4. The predicted octanol–water partition coefficient (Wildman–Crippen LogP) is 1.58. The number of rotatable bonds is 5. The minimum absolute atomic E-state index is 0.193. The third kappa shape index (κ3) is 3.18. The molecule has 1 aliphatic rings. The predicted molar refractivity (Wildman–Crippen MR) is 84.9 cm³/mol. The lowest BCUT2D eigenvalue weighted by Gasteiger charge is -2.27. The molecule has 1 aliphatic heterocycles. The molecular weight excluding hydrogens is 310 g/mol. The number of benzene rings is 1. The normalized spacial score (nSPS) is 22.5. The number of hydrogen-bond donors (Lipinski definition) is 1. The molecule has 7 heteroatoms. The van der Waals surface area contributed by atoms with Gasteiger partial charge in [0, 0.05) is 13.1 Å². The fourth-order valence-electron chi connectivity index (χ4n) is 3.06. The molecule has 7 nitrogen and oxygen atoms in total. The van der Waals surface area contributed by atoms with Crippen LogP contribution < -0.4 is 0 Å². The smallest absolute Gasteiger partial charge is 0.328 e. The largest absolute Gasteiger partial charge is 0.465 e. The summed E-state index contributed by atoms with van der Waals surface area (Å²) in [5.74, 6) is 0.342. The van der Waals surface area contributed by atoms with Gasteiger partial charge in [-0.1, -0.05) is 35.5 Å². The van der Waals surface area contributed by atoms with E-state index in [1.165, 1.54) is 0 Å². The second-order valence-corrected chi connectivity index (χ2v) is 5.96. The van der Waals surface area contributed by atoms with Gasteiger partial charge in [-0.2, -0.15) is 4.98 Å². The van der Waals surface area contributed by atoms with E-state index < -0.39 is 11.6 Å². The first kappa shape index (κ1) is 16.6. The SMILES string of the molecule is CCOC(=O)[C@@H](c1ccccc1)N1CC[C@](O)(c2nc(C)no2)C1. The molecule has 0 bridgehead atoms. The second-order valence-electron chi connectivity index (χ2n) is 5.96. The van der Waals surface area contributed by atoms with Crippen LogP contribution in [0.1, 0.15) is 36.7 Å².